The van der Waals surface area contributed by atoms with Crippen molar-refractivity contribution in [2.24, 2.45) is 0 Å². The molecule has 0 aliphatic rings. The summed E-state index contributed by atoms with van der Waals surface area (Å²) in [5, 5.41) is 6.65. The van der Waals surface area contributed by atoms with Gasteiger partial charge in [0, 0.05) is 24.8 Å². The summed E-state index contributed by atoms with van der Waals surface area (Å²) in [4.78, 5) is 9.02. The number of methoxy groups -OCH3 is 1. The number of benzene rings is 2. The quantitative estimate of drug-likeness (QED) is 0.666. The topological polar surface area (TPSA) is 59.1 Å². The lowest BCUT2D eigenvalue weighted by molar-refractivity contribution is 0.414. The van der Waals surface area contributed by atoms with E-state index < -0.39 is 0 Å². The predicted octanol–water partition coefficient (Wildman–Crippen LogP) is 4.33. The average Bonchev–Trinajstić information content (AvgIpc) is 2.66. The third-order valence-electron chi connectivity index (χ3n) is 4.06. The predicted molar refractivity (Wildman–Crippen MR) is 106 cm³/mol. The van der Waals surface area contributed by atoms with Crippen molar-refractivity contribution in [3.05, 3.63) is 77.0 Å². The van der Waals surface area contributed by atoms with Gasteiger partial charge in [-0.15, -0.1) is 0 Å². The monoisotopic (exact) mass is 348 g/mol. The van der Waals surface area contributed by atoms with Crippen LogP contribution in [0.5, 0.6) is 5.75 Å². The first-order valence-electron chi connectivity index (χ1n) is 8.64. The van der Waals surface area contributed by atoms with Crippen LogP contribution in [-0.4, -0.2) is 17.1 Å². The molecule has 0 saturated heterocycles. The molecule has 0 radical (unpaired) electrons. The lowest BCUT2D eigenvalue weighted by Crippen LogP contribution is -2.08. The summed E-state index contributed by atoms with van der Waals surface area (Å²) in [6.07, 6.45) is 0. The fourth-order valence-electron chi connectivity index (χ4n) is 2.56. The van der Waals surface area contributed by atoms with E-state index in [1.54, 1.807) is 7.11 Å². The summed E-state index contributed by atoms with van der Waals surface area (Å²) < 4.78 is 5.18. The molecule has 26 heavy (non-hydrogen) atoms. The van der Waals surface area contributed by atoms with Gasteiger partial charge in [0.2, 0.25) is 5.95 Å². The summed E-state index contributed by atoms with van der Waals surface area (Å²) in [5.41, 5.74) is 4.55. The van der Waals surface area contributed by atoms with Crippen LogP contribution in [0.1, 0.15) is 22.4 Å². The van der Waals surface area contributed by atoms with Crippen molar-refractivity contribution in [3.63, 3.8) is 0 Å². The Bertz CT molecular complexity index is 845. The molecule has 0 unspecified atom stereocenters. The fourth-order valence-corrected chi connectivity index (χ4v) is 2.56. The molecule has 0 spiro atoms. The molecule has 134 valence electrons. The molecule has 0 aliphatic carbocycles. The maximum absolute atomic E-state index is 5.18. The highest BCUT2D eigenvalue weighted by molar-refractivity contribution is 5.43. The van der Waals surface area contributed by atoms with E-state index in [0.717, 1.165) is 29.4 Å². The van der Waals surface area contributed by atoms with E-state index in [2.05, 4.69) is 51.8 Å². The lowest BCUT2D eigenvalue weighted by Gasteiger charge is -2.10. The molecule has 5 nitrogen and oxygen atoms in total. The maximum atomic E-state index is 5.18. The van der Waals surface area contributed by atoms with E-state index in [1.165, 1.54) is 11.1 Å². The Hall–Kier alpha value is -3.08. The van der Waals surface area contributed by atoms with Crippen molar-refractivity contribution in [1.82, 2.24) is 9.97 Å². The van der Waals surface area contributed by atoms with Crippen molar-refractivity contribution in [2.45, 2.75) is 26.9 Å². The van der Waals surface area contributed by atoms with E-state index in [-0.39, 0.29) is 0 Å². The third kappa shape index (κ3) is 4.96. The van der Waals surface area contributed by atoms with Crippen LogP contribution in [0.25, 0.3) is 0 Å². The van der Waals surface area contributed by atoms with Crippen molar-refractivity contribution in [3.8, 4) is 5.75 Å². The molecule has 2 N–H and O–H groups in total. The zero-order chi connectivity index (χ0) is 18.4. The van der Waals surface area contributed by atoms with Crippen LogP contribution < -0.4 is 15.4 Å². The molecule has 3 aromatic rings. The standard InChI is InChI=1S/C21H24N4O/c1-15-4-6-17(7-5-15)13-22-20-12-16(2)24-21(25-20)23-14-18-8-10-19(26-3)11-9-18/h4-12H,13-14H2,1-3H3,(H2,22,23,24,25). The van der Waals surface area contributed by atoms with Gasteiger partial charge in [-0.3, -0.25) is 0 Å². The van der Waals surface area contributed by atoms with E-state index in [4.69, 9.17) is 4.74 Å². The Kier molecular flexibility index (Phi) is 5.69. The van der Waals surface area contributed by atoms with Gasteiger partial charge in [-0.05, 0) is 37.1 Å². The zero-order valence-electron chi connectivity index (χ0n) is 15.4. The molecule has 1 aromatic heterocycles. The van der Waals surface area contributed by atoms with E-state index >= 15 is 0 Å². The number of ether oxygens (including phenoxy) is 1. The van der Waals surface area contributed by atoms with Crippen molar-refractivity contribution in [1.29, 1.82) is 0 Å². The Balaban J connectivity index is 1.61. The second-order valence-electron chi connectivity index (χ2n) is 6.26. The lowest BCUT2D eigenvalue weighted by atomic mass is 10.1. The van der Waals surface area contributed by atoms with Crippen molar-refractivity contribution in [2.75, 3.05) is 17.7 Å². The van der Waals surface area contributed by atoms with Gasteiger partial charge in [-0.2, -0.15) is 4.98 Å². The van der Waals surface area contributed by atoms with Crippen LogP contribution in [0, 0.1) is 13.8 Å². The summed E-state index contributed by atoms with van der Waals surface area (Å²) in [6, 6.07) is 18.4. The smallest absolute Gasteiger partial charge is 0.225 e. The van der Waals surface area contributed by atoms with Crippen LogP contribution in [0.4, 0.5) is 11.8 Å². The maximum Gasteiger partial charge on any atom is 0.225 e. The molecule has 0 bridgehead atoms. The number of aryl methyl sites for hydroxylation is 2. The normalized spacial score (nSPS) is 10.4. The number of hydrogen-bond acceptors (Lipinski definition) is 5. The SMILES string of the molecule is COc1ccc(CNc2nc(C)cc(NCc3ccc(C)cc3)n2)cc1. The minimum atomic E-state index is 0.618. The Morgan fingerprint density at radius 3 is 2.08 bits per heavy atom. The Morgan fingerprint density at radius 1 is 0.808 bits per heavy atom. The van der Waals surface area contributed by atoms with Gasteiger partial charge in [0.05, 0.1) is 7.11 Å². The van der Waals surface area contributed by atoms with Gasteiger partial charge in [-0.1, -0.05) is 42.0 Å². The third-order valence-corrected chi connectivity index (χ3v) is 4.06. The largest absolute Gasteiger partial charge is 0.497 e. The Morgan fingerprint density at radius 2 is 1.42 bits per heavy atom. The molecule has 5 heteroatoms. The first kappa shape index (κ1) is 17.7. The number of rotatable bonds is 7. The van der Waals surface area contributed by atoms with Crippen LogP contribution in [0.2, 0.25) is 0 Å². The van der Waals surface area contributed by atoms with E-state index in [1.807, 2.05) is 37.3 Å². The molecule has 2 aromatic carbocycles. The van der Waals surface area contributed by atoms with Gasteiger partial charge in [0.15, 0.2) is 0 Å². The van der Waals surface area contributed by atoms with Crippen LogP contribution in [-0.2, 0) is 13.1 Å². The van der Waals surface area contributed by atoms with E-state index in [9.17, 15) is 0 Å². The molecule has 0 fully saturated rings. The molecule has 0 aliphatic heterocycles. The number of aromatic nitrogens is 2. The summed E-state index contributed by atoms with van der Waals surface area (Å²) in [6.45, 7) is 5.45. The second-order valence-corrected chi connectivity index (χ2v) is 6.26. The first-order valence-corrected chi connectivity index (χ1v) is 8.64. The fraction of sp³-hybridized carbons (Fsp3) is 0.238. The van der Waals surface area contributed by atoms with Crippen LogP contribution in [0.15, 0.2) is 54.6 Å². The highest BCUT2D eigenvalue weighted by Crippen LogP contribution is 2.15. The summed E-state index contributed by atoms with van der Waals surface area (Å²) in [5.74, 6) is 2.28. The Labute approximate surface area is 154 Å². The summed E-state index contributed by atoms with van der Waals surface area (Å²) >= 11 is 0. The minimum absolute atomic E-state index is 0.618. The number of nitrogens with one attached hydrogen (secondary N) is 2. The van der Waals surface area contributed by atoms with Gasteiger partial charge in [0.25, 0.3) is 0 Å². The molecular formula is C21H24N4O. The van der Waals surface area contributed by atoms with Crippen LogP contribution >= 0.6 is 0 Å². The highest BCUT2D eigenvalue weighted by atomic mass is 16.5. The molecule has 3 rings (SSSR count). The first-order chi connectivity index (χ1) is 12.6. The van der Waals surface area contributed by atoms with Gasteiger partial charge in [-0.25, -0.2) is 4.98 Å². The molecule has 0 amide bonds. The molecule has 1 heterocycles. The highest BCUT2D eigenvalue weighted by Gasteiger charge is 2.03. The van der Waals surface area contributed by atoms with E-state index in [0.29, 0.717) is 12.5 Å². The minimum Gasteiger partial charge on any atom is -0.497 e. The molecule has 0 saturated carbocycles. The van der Waals surface area contributed by atoms with Gasteiger partial charge in [0.1, 0.15) is 11.6 Å². The average molecular weight is 348 g/mol. The van der Waals surface area contributed by atoms with Gasteiger partial charge >= 0.3 is 0 Å². The number of hydrogen-bond donors (Lipinski definition) is 2. The summed E-state index contributed by atoms with van der Waals surface area (Å²) in [7, 11) is 1.67. The second kappa shape index (κ2) is 8.34. The van der Waals surface area contributed by atoms with Gasteiger partial charge < -0.3 is 15.4 Å². The van der Waals surface area contributed by atoms with Crippen molar-refractivity contribution < 1.29 is 4.74 Å². The molecule has 0 atom stereocenters. The zero-order valence-corrected chi connectivity index (χ0v) is 15.4. The number of anilines is 2. The van der Waals surface area contributed by atoms with Crippen molar-refractivity contribution >= 4 is 11.8 Å². The van der Waals surface area contributed by atoms with Crippen LogP contribution in [0.3, 0.4) is 0 Å². The molecular weight excluding hydrogens is 324 g/mol. The number of nitrogens with zero attached hydrogens (tertiary/aromatic N) is 2.